The van der Waals surface area contributed by atoms with E-state index in [1.165, 1.54) is 0 Å². The molecule has 0 spiro atoms. The van der Waals surface area contributed by atoms with Gasteiger partial charge in [0.05, 0.1) is 19.6 Å². The number of rotatable bonds is 2. The van der Waals surface area contributed by atoms with Crippen molar-refractivity contribution in [1.82, 2.24) is 0 Å². The van der Waals surface area contributed by atoms with E-state index in [4.69, 9.17) is 21.6 Å². The summed E-state index contributed by atoms with van der Waals surface area (Å²) in [5.41, 5.74) is 1.79. The van der Waals surface area contributed by atoms with Crippen LogP contribution in [0.1, 0.15) is 11.1 Å². The van der Waals surface area contributed by atoms with Crippen LogP contribution in [-0.4, -0.2) is 7.11 Å². The van der Waals surface area contributed by atoms with Gasteiger partial charge < -0.3 is 4.74 Å². The van der Waals surface area contributed by atoms with Crippen LogP contribution in [0.2, 0.25) is 5.02 Å². The minimum atomic E-state index is 0.323. The highest BCUT2D eigenvalue weighted by Gasteiger charge is 2.05. The first-order chi connectivity index (χ1) is 6.19. The Hall–Kier alpha value is -1.20. The summed E-state index contributed by atoms with van der Waals surface area (Å²) in [5.74, 6) is 0.725. The van der Waals surface area contributed by atoms with Crippen LogP contribution in [0.3, 0.4) is 0 Å². The highest BCUT2D eigenvalue weighted by atomic mass is 35.5. The molecule has 0 saturated carbocycles. The average molecular weight is 196 g/mol. The number of ether oxygens (including phenoxy) is 1. The van der Waals surface area contributed by atoms with E-state index in [-0.39, 0.29) is 0 Å². The second-order valence-electron chi connectivity index (χ2n) is 2.75. The third-order valence-electron chi connectivity index (χ3n) is 1.83. The van der Waals surface area contributed by atoms with E-state index in [9.17, 15) is 0 Å². The zero-order chi connectivity index (χ0) is 9.84. The highest BCUT2D eigenvalue weighted by molar-refractivity contribution is 6.31. The third kappa shape index (κ3) is 2.13. The fraction of sp³-hybridized carbons (Fsp3) is 0.300. The molecule has 0 aliphatic carbocycles. The molecule has 68 valence electrons. The molecule has 0 heterocycles. The molecule has 1 rings (SSSR count). The number of nitrogens with zero attached hydrogens (tertiary/aromatic N) is 1. The van der Waals surface area contributed by atoms with Crippen molar-refractivity contribution in [3.8, 4) is 11.8 Å². The van der Waals surface area contributed by atoms with Gasteiger partial charge in [0.2, 0.25) is 0 Å². The molecule has 0 fully saturated rings. The minimum Gasteiger partial charge on any atom is -0.496 e. The average Bonchev–Trinajstić information content (AvgIpc) is 2.11. The Morgan fingerprint density at radius 3 is 2.77 bits per heavy atom. The fourth-order valence-electron chi connectivity index (χ4n) is 1.11. The van der Waals surface area contributed by atoms with Gasteiger partial charge in [0.25, 0.3) is 0 Å². The van der Waals surface area contributed by atoms with Gasteiger partial charge in [0.15, 0.2) is 0 Å². The number of methoxy groups -OCH3 is 1. The summed E-state index contributed by atoms with van der Waals surface area (Å²) >= 11 is 5.91. The maximum absolute atomic E-state index is 8.55. The van der Waals surface area contributed by atoms with Gasteiger partial charge in [-0.1, -0.05) is 11.6 Å². The normalized spacial score (nSPS) is 9.38. The lowest BCUT2D eigenvalue weighted by atomic mass is 10.1. The van der Waals surface area contributed by atoms with Crippen molar-refractivity contribution in [3.05, 3.63) is 28.3 Å². The first-order valence-electron chi connectivity index (χ1n) is 3.89. The zero-order valence-electron chi connectivity index (χ0n) is 7.60. The smallest absolute Gasteiger partial charge is 0.123 e. The molecule has 0 amide bonds. The van der Waals surface area contributed by atoms with E-state index in [1.54, 1.807) is 13.2 Å². The lowest BCUT2D eigenvalue weighted by molar-refractivity contribution is 0.410. The molecule has 3 heteroatoms. The van der Waals surface area contributed by atoms with Crippen LogP contribution in [0.15, 0.2) is 12.1 Å². The minimum absolute atomic E-state index is 0.323. The predicted molar refractivity (Wildman–Crippen MR) is 52.1 cm³/mol. The van der Waals surface area contributed by atoms with Gasteiger partial charge in [-0.25, -0.2) is 0 Å². The van der Waals surface area contributed by atoms with Crippen LogP contribution >= 0.6 is 11.6 Å². The molecular formula is C10H10ClNO. The van der Waals surface area contributed by atoms with Gasteiger partial charge in [0, 0.05) is 10.6 Å². The Kier molecular flexibility index (Phi) is 3.16. The molecule has 0 aliphatic rings. The number of hydrogen-bond donors (Lipinski definition) is 0. The van der Waals surface area contributed by atoms with E-state index in [0.717, 1.165) is 16.9 Å². The van der Waals surface area contributed by atoms with Gasteiger partial charge in [-0.3, -0.25) is 0 Å². The predicted octanol–water partition coefficient (Wildman–Crippen LogP) is 2.72. The number of aryl methyl sites for hydroxylation is 1. The first kappa shape index (κ1) is 9.88. The monoisotopic (exact) mass is 195 g/mol. The van der Waals surface area contributed by atoms with Gasteiger partial charge in [-0.2, -0.15) is 5.26 Å². The third-order valence-corrected chi connectivity index (χ3v) is 2.24. The molecule has 0 bridgehead atoms. The molecular weight excluding hydrogens is 186 g/mol. The Morgan fingerprint density at radius 1 is 1.54 bits per heavy atom. The van der Waals surface area contributed by atoms with E-state index < -0.39 is 0 Å². The van der Waals surface area contributed by atoms with Gasteiger partial charge in [0.1, 0.15) is 5.75 Å². The van der Waals surface area contributed by atoms with Crippen molar-refractivity contribution in [3.63, 3.8) is 0 Å². The van der Waals surface area contributed by atoms with Gasteiger partial charge in [-0.15, -0.1) is 0 Å². The quantitative estimate of drug-likeness (QED) is 0.727. The van der Waals surface area contributed by atoms with Crippen molar-refractivity contribution in [1.29, 1.82) is 5.26 Å². The van der Waals surface area contributed by atoms with Gasteiger partial charge in [-0.05, 0) is 24.6 Å². The summed E-state index contributed by atoms with van der Waals surface area (Å²) in [7, 11) is 1.59. The Labute approximate surface area is 82.7 Å². The fourth-order valence-corrected chi connectivity index (χ4v) is 1.30. The molecule has 0 atom stereocenters. The molecule has 0 aliphatic heterocycles. The first-order valence-corrected chi connectivity index (χ1v) is 4.26. The maximum Gasteiger partial charge on any atom is 0.123 e. The standard InChI is InChI=1S/C10H10ClNO/c1-7-5-10(13-2)8(3-4-12)6-9(7)11/h5-6H,3H2,1-2H3. The molecule has 0 saturated heterocycles. The number of benzene rings is 1. The number of nitriles is 1. The number of hydrogen-bond acceptors (Lipinski definition) is 2. The summed E-state index contributed by atoms with van der Waals surface area (Å²) < 4.78 is 5.12. The maximum atomic E-state index is 8.55. The van der Waals surface area contributed by atoms with Crippen molar-refractivity contribution < 1.29 is 4.74 Å². The van der Waals surface area contributed by atoms with Crippen LogP contribution in [-0.2, 0) is 6.42 Å². The van der Waals surface area contributed by atoms with Crippen LogP contribution in [0.25, 0.3) is 0 Å². The lowest BCUT2D eigenvalue weighted by Gasteiger charge is -2.07. The van der Waals surface area contributed by atoms with E-state index in [0.29, 0.717) is 11.4 Å². The molecule has 0 unspecified atom stereocenters. The van der Waals surface area contributed by atoms with E-state index in [1.807, 2.05) is 13.0 Å². The topological polar surface area (TPSA) is 33.0 Å². The van der Waals surface area contributed by atoms with Crippen molar-refractivity contribution >= 4 is 11.6 Å². The SMILES string of the molecule is COc1cc(C)c(Cl)cc1CC#N. The Morgan fingerprint density at radius 2 is 2.23 bits per heavy atom. The second kappa shape index (κ2) is 4.15. The highest BCUT2D eigenvalue weighted by Crippen LogP contribution is 2.26. The zero-order valence-corrected chi connectivity index (χ0v) is 8.35. The van der Waals surface area contributed by atoms with Crippen LogP contribution in [0.4, 0.5) is 0 Å². The molecule has 1 aromatic carbocycles. The van der Waals surface area contributed by atoms with Crippen molar-refractivity contribution in [2.45, 2.75) is 13.3 Å². The van der Waals surface area contributed by atoms with Crippen molar-refractivity contribution in [2.24, 2.45) is 0 Å². The molecule has 13 heavy (non-hydrogen) atoms. The molecule has 0 radical (unpaired) electrons. The largest absolute Gasteiger partial charge is 0.496 e. The van der Waals surface area contributed by atoms with E-state index >= 15 is 0 Å². The molecule has 0 N–H and O–H groups in total. The summed E-state index contributed by atoms with van der Waals surface area (Å²) in [6.45, 7) is 1.90. The number of halogens is 1. The van der Waals surface area contributed by atoms with Crippen LogP contribution < -0.4 is 4.74 Å². The Balaban J connectivity index is 3.18. The molecule has 2 nitrogen and oxygen atoms in total. The lowest BCUT2D eigenvalue weighted by Crippen LogP contribution is -1.92. The van der Waals surface area contributed by atoms with E-state index in [2.05, 4.69) is 6.07 Å². The van der Waals surface area contributed by atoms with Gasteiger partial charge >= 0.3 is 0 Å². The van der Waals surface area contributed by atoms with Crippen LogP contribution in [0.5, 0.6) is 5.75 Å². The molecule has 0 aromatic heterocycles. The van der Waals surface area contributed by atoms with Crippen LogP contribution in [0, 0.1) is 18.3 Å². The molecule has 1 aromatic rings. The summed E-state index contributed by atoms with van der Waals surface area (Å²) in [4.78, 5) is 0. The second-order valence-corrected chi connectivity index (χ2v) is 3.16. The summed E-state index contributed by atoms with van der Waals surface area (Å²) in [6.07, 6.45) is 0.323. The summed E-state index contributed by atoms with van der Waals surface area (Å²) in [6, 6.07) is 5.69. The summed E-state index contributed by atoms with van der Waals surface area (Å²) in [5, 5.41) is 9.22. The van der Waals surface area contributed by atoms with Crippen molar-refractivity contribution in [2.75, 3.05) is 7.11 Å². The Bertz CT molecular complexity index is 355.